The van der Waals surface area contributed by atoms with Crippen molar-refractivity contribution in [3.05, 3.63) is 182 Å². The summed E-state index contributed by atoms with van der Waals surface area (Å²) in [5.41, 5.74) is 12.1. The van der Waals surface area contributed by atoms with E-state index in [4.69, 9.17) is 0 Å². The zero-order chi connectivity index (χ0) is 34.6. The number of benzene rings is 9. The smallest absolute Gasteiger partial charge is 0.0788 e. The average molecular weight is 691 g/mol. The lowest BCUT2D eigenvalue weighted by Gasteiger charge is -2.28. The van der Waals surface area contributed by atoms with Crippen LogP contribution in [-0.2, 0) is 0 Å². The highest BCUT2D eigenvalue weighted by Gasteiger charge is 2.30. The first-order valence-corrected chi connectivity index (χ1v) is 19.0. The lowest BCUT2D eigenvalue weighted by Crippen LogP contribution is -2.12. The summed E-state index contributed by atoms with van der Waals surface area (Å²) in [4.78, 5) is 2.51. The van der Waals surface area contributed by atoms with Crippen molar-refractivity contribution in [1.29, 1.82) is 0 Å². The van der Waals surface area contributed by atoms with Crippen LogP contribution in [0.3, 0.4) is 0 Å². The van der Waals surface area contributed by atoms with E-state index in [1.165, 1.54) is 91.5 Å². The van der Waals surface area contributed by atoms with Crippen LogP contribution in [0.4, 0.5) is 17.1 Å². The van der Waals surface area contributed by atoms with Crippen LogP contribution in [-0.4, -0.2) is 4.57 Å². The molecule has 1 aliphatic carbocycles. The van der Waals surface area contributed by atoms with Gasteiger partial charge >= 0.3 is 0 Å². The largest absolute Gasteiger partial charge is 0.308 e. The summed E-state index contributed by atoms with van der Waals surface area (Å²) in [6.07, 6.45) is 0. The van der Waals surface area contributed by atoms with E-state index in [-0.39, 0.29) is 0 Å². The van der Waals surface area contributed by atoms with Crippen LogP contribution in [0.15, 0.2) is 182 Å². The van der Waals surface area contributed by atoms with Crippen LogP contribution in [0, 0.1) is 0 Å². The number of hydrogen-bond donors (Lipinski definition) is 0. The van der Waals surface area contributed by atoms with E-state index in [1.807, 2.05) is 11.3 Å². The molecule has 11 aromatic rings. The Morgan fingerprint density at radius 2 is 1.09 bits per heavy atom. The summed E-state index contributed by atoms with van der Waals surface area (Å²) in [6, 6.07) is 67.2. The highest BCUT2D eigenvalue weighted by Crippen LogP contribution is 2.55. The van der Waals surface area contributed by atoms with Gasteiger partial charge in [0.05, 0.1) is 22.4 Å². The van der Waals surface area contributed by atoms with Crippen molar-refractivity contribution in [2.45, 2.75) is 0 Å². The van der Waals surface area contributed by atoms with Crippen molar-refractivity contribution < 1.29 is 0 Å². The van der Waals surface area contributed by atoms with Gasteiger partial charge in [0.1, 0.15) is 0 Å². The summed E-state index contributed by atoms with van der Waals surface area (Å²) in [6.45, 7) is 0. The first-order valence-electron chi connectivity index (χ1n) is 18.2. The molecule has 2 nitrogen and oxygen atoms in total. The predicted molar refractivity (Wildman–Crippen MR) is 228 cm³/mol. The second-order valence-corrected chi connectivity index (χ2v) is 15.1. The summed E-state index contributed by atoms with van der Waals surface area (Å²) in [5, 5.41) is 10.3. The molecule has 3 heteroatoms. The van der Waals surface area contributed by atoms with Gasteiger partial charge in [-0.25, -0.2) is 0 Å². The van der Waals surface area contributed by atoms with E-state index in [9.17, 15) is 0 Å². The van der Waals surface area contributed by atoms with Gasteiger partial charge in [-0.3, -0.25) is 0 Å². The molecule has 0 aliphatic heterocycles. The van der Waals surface area contributed by atoms with E-state index < -0.39 is 0 Å². The summed E-state index contributed by atoms with van der Waals surface area (Å²) >= 11 is 1.87. The maximum Gasteiger partial charge on any atom is 0.0788 e. The summed E-state index contributed by atoms with van der Waals surface area (Å²) < 4.78 is 5.11. The van der Waals surface area contributed by atoms with Gasteiger partial charge in [-0.2, -0.15) is 0 Å². The standard InChI is InChI=1S/C50H30N2S/c1-3-15-32(16-4-1)51(41-23-13-25-45-47(41)39-22-11-12-24-44(39)53-45)43-29-27-38-35-20-9-10-21-36(35)40-30-31-14-7-8-19-34(31)37-26-28-42-49(46(37)40)48(38)50(43)52(42)33-17-5-2-6-18-33/h1-30H. The third kappa shape index (κ3) is 3.97. The van der Waals surface area contributed by atoms with Crippen molar-refractivity contribution >= 4 is 91.9 Å². The molecule has 0 amide bonds. The molecule has 1 aliphatic rings. The number of para-hydroxylation sites is 2. The lowest BCUT2D eigenvalue weighted by atomic mass is 9.90. The van der Waals surface area contributed by atoms with Gasteiger partial charge in [-0.15, -0.1) is 11.3 Å². The SMILES string of the molecule is c1ccc(N(c2cccc3sc4ccccc4c23)c2ccc3c4c5c6c(cc7ccccc7c6ccc5n(-c5ccccc5)c24)-c2ccccc2-3)cc1. The number of nitrogens with zero attached hydrogens (tertiary/aromatic N) is 2. The van der Waals surface area contributed by atoms with Crippen LogP contribution in [0.5, 0.6) is 0 Å². The zero-order valence-corrected chi connectivity index (χ0v) is 29.4. The molecule has 12 rings (SSSR count). The van der Waals surface area contributed by atoms with Crippen molar-refractivity contribution in [1.82, 2.24) is 4.57 Å². The minimum Gasteiger partial charge on any atom is -0.308 e. The van der Waals surface area contributed by atoms with Gasteiger partial charge in [0.2, 0.25) is 0 Å². The van der Waals surface area contributed by atoms with Crippen LogP contribution in [0.1, 0.15) is 0 Å². The minimum atomic E-state index is 1.13. The molecule has 53 heavy (non-hydrogen) atoms. The van der Waals surface area contributed by atoms with E-state index in [2.05, 4.69) is 191 Å². The Bertz CT molecular complexity index is 3280. The molecule has 9 aromatic carbocycles. The quantitative estimate of drug-likeness (QED) is 0.167. The Labute approximate surface area is 310 Å². The maximum atomic E-state index is 2.53. The van der Waals surface area contributed by atoms with Crippen molar-refractivity contribution in [3.8, 4) is 27.9 Å². The van der Waals surface area contributed by atoms with E-state index in [1.54, 1.807) is 0 Å². The van der Waals surface area contributed by atoms with Crippen LogP contribution in [0.2, 0.25) is 0 Å². The molecule has 0 atom stereocenters. The topological polar surface area (TPSA) is 8.17 Å². The molecule has 0 N–H and O–H groups in total. The number of hydrogen-bond acceptors (Lipinski definition) is 2. The molecule has 0 unspecified atom stereocenters. The van der Waals surface area contributed by atoms with Crippen LogP contribution in [0.25, 0.3) is 91.5 Å². The van der Waals surface area contributed by atoms with E-state index in [0.717, 1.165) is 17.1 Å². The fourth-order valence-electron chi connectivity index (χ4n) is 9.15. The van der Waals surface area contributed by atoms with E-state index in [0.29, 0.717) is 0 Å². The van der Waals surface area contributed by atoms with Gasteiger partial charge < -0.3 is 9.47 Å². The fraction of sp³-hybridized carbons (Fsp3) is 0. The molecule has 0 radical (unpaired) electrons. The van der Waals surface area contributed by atoms with Crippen molar-refractivity contribution in [2.24, 2.45) is 0 Å². The Balaban J connectivity index is 1.33. The van der Waals surface area contributed by atoms with Gasteiger partial charge in [-0.1, -0.05) is 121 Å². The maximum absolute atomic E-state index is 2.53. The summed E-state index contributed by atoms with van der Waals surface area (Å²) in [7, 11) is 0. The monoisotopic (exact) mass is 690 g/mol. The third-order valence-corrected chi connectivity index (χ3v) is 12.4. The second kappa shape index (κ2) is 10.9. The number of anilines is 3. The van der Waals surface area contributed by atoms with Gasteiger partial charge in [-0.05, 0) is 99.1 Å². The molecule has 2 heterocycles. The van der Waals surface area contributed by atoms with Crippen molar-refractivity contribution in [2.75, 3.05) is 4.90 Å². The first kappa shape index (κ1) is 29.0. The third-order valence-electron chi connectivity index (χ3n) is 11.3. The molecular formula is C50H30N2S. The first-order chi connectivity index (χ1) is 26.3. The zero-order valence-electron chi connectivity index (χ0n) is 28.6. The predicted octanol–water partition coefficient (Wildman–Crippen LogP) is 14.6. The van der Waals surface area contributed by atoms with Crippen LogP contribution >= 0.6 is 11.3 Å². The molecule has 2 aromatic heterocycles. The Hall–Kier alpha value is -6.68. The normalized spacial score (nSPS) is 12.2. The Morgan fingerprint density at radius 3 is 1.94 bits per heavy atom. The highest BCUT2D eigenvalue weighted by molar-refractivity contribution is 7.26. The molecule has 0 fully saturated rings. The van der Waals surface area contributed by atoms with Gasteiger partial charge in [0, 0.05) is 47.7 Å². The molecule has 0 spiro atoms. The number of rotatable bonds is 4. The minimum absolute atomic E-state index is 1.13. The number of thiophene rings is 1. The summed E-state index contributed by atoms with van der Waals surface area (Å²) in [5.74, 6) is 0. The molecule has 0 saturated carbocycles. The van der Waals surface area contributed by atoms with Gasteiger partial charge in [0.25, 0.3) is 0 Å². The van der Waals surface area contributed by atoms with Gasteiger partial charge in [0.15, 0.2) is 0 Å². The average Bonchev–Trinajstić information content (AvgIpc) is 3.75. The molecule has 246 valence electrons. The van der Waals surface area contributed by atoms with Crippen LogP contribution < -0.4 is 4.90 Å². The Kier molecular flexibility index (Phi) is 5.96. The number of fused-ring (bicyclic) bond motifs is 8. The number of aromatic nitrogens is 1. The molecule has 0 bridgehead atoms. The fourth-order valence-corrected chi connectivity index (χ4v) is 10.3. The second-order valence-electron chi connectivity index (χ2n) is 14.0. The van der Waals surface area contributed by atoms with Crippen molar-refractivity contribution in [3.63, 3.8) is 0 Å². The highest BCUT2D eigenvalue weighted by atomic mass is 32.1. The molecular weight excluding hydrogens is 661 g/mol. The Morgan fingerprint density at radius 1 is 0.396 bits per heavy atom. The van der Waals surface area contributed by atoms with E-state index >= 15 is 0 Å². The lowest BCUT2D eigenvalue weighted by molar-refractivity contribution is 1.17. The molecule has 0 saturated heterocycles.